The van der Waals surface area contributed by atoms with Gasteiger partial charge < -0.3 is 19.9 Å². The van der Waals surface area contributed by atoms with Gasteiger partial charge in [-0.15, -0.1) is 0 Å². The molecule has 39 heavy (non-hydrogen) atoms. The van der Waals surface area contributed by atoms with Crippen LogP contribution in [0, 0.1) is 5.82 Å². The highest BCUT2D eigenvalue weighted by Crippen LogP contribution is 2.32. The molecule has 200 valence electrons. The summed E-state index contributed by atoms with van der Waals surface area (Å²) in [6, 6.07) is 8.66. The first-order valence-corrected chi connectivity index (χ1v) is 12.1. The number of carbonyl (C=O) groups is 3. The number of H-pyrrole nitrogens is 1. The van der Waals surface area contributed by atoms with Crippen molar-refractivity contribution < 1.29 is 28.0 Å². The van der Waals surface area contributed by atoms with Gasteiger partial charge in [0.1, 0.15) is 12.4 Å². The van der Waals surface area contributed by atoms with Gasteiger partial charge in [0, 0.05) is 30.9 Å². The molecule has 2 amide bonds. The summed E-state index contributed by atoms with van der Waals surface area (Å²) in [6.45, 7) is 1.76. The number of aromatic amines is 1. The molecule has 0 radical (unpaired) electrons. The van der Waals surface area contributed by atoms with E-state index in [1.165, 1.54) is 19.2 Å². The number of benzene rings is 2. The molecule has 0 bridgehead atoms. The van der Waals surface area contributed by atoms with Crippen LogP contribution in [-0.4, -0.2) is 45.0 Å². The number of methoxy groups -OCH3 is 1. The van der Waals surface area contributed by atoms with Gasteiger partial charge in [0.25, 0.3) is 5.91 Å². The minimum Gasteiger partial charge on any atom is -0.377 e. The maximum Gasteiger partial charge on any atom is 0.254 e. The third-order valence-corrected chi connectivity index (χ3v) is 6.40. The summed E-state index contributed by atoms with van der Waals surface area (Å²) in [5.74, 6) is -1.49. The van der Waals surface area contributed by atoms with Gasteiger partial charge in [0.15, 0.2) is 11.6 Å². The van der Waals surface area contributed by atoms with Crippen LogP contribution >= 0.6 is 0 Å². The molecule has 3 N–H and O–H groups in total. The zero-order valence-corrected chi connectivity index (χ0v) is 21.2. The largest absolute Gasteiger partial charge is 0.377 e. The Bertz CT molecular complexity index is 1610. The number of fused-ring (bicyclic) bond motifs is 1. The van der Waals surface area contributed by atoms with E-state index in [0.717, 1.165) is 22.5 Å². The molecule has 3 heterocycles. The van der Waals surface area contributed by atoms with Crippen molar-refractivity contribution in [2.75, 3.05) is 7.11 Å². The van der Waals surface area contributed by atoms with Crippen molar-refractivity contribution in [1.29, 1.82) is 0 Å². The van der Waals surface area contributed by atoms with Crippen LogP contribution in [-0.2, 0) is 33.9 Å². The summed E-state index contributed by atoms with van der Waals surface area (Å²) in [4.78, 5) is 42.9. The number of hydrogen-bond acceptors (Lipinski definition) is 8. The highest BCUT2D eigenvalue weighted by molar-refractivity contribution is 6.02. The molecule has 5 rings (SSSR count). The fraction of sp³-hybridized carbons (Fsp3) is 0.259. The zero-order valence-electron chi connectivity index (χ0n) is 21.2. The fourth-order valence-corrected chi connectivity index (χ4v) is 4.60. The van der Waals surface area contributed by atoms with Crippen molar-refractivity contribution >= 4 is 28.5 Å². The van der Waals surface area contributed by atoms with Gasteiger partial charge >= 0.3 is 0 Å². The van der Waals surface area contributed by atoms with Crippen LogP contribution in [0.15, 0.2) is 58.3 Å². The number of nitrogens with zero attached hydrogens (tertiary/aromatic N) is 3. The van der Waals surface area contributed by atoms with Gasteiger partial charge in [-0.2, -0.15) is 10.1 Å². The first kappa shape index (κ1) is 25.9. The van der Waals surface area contributed by atoms with Crippen LogP contribution < -0.4 is 10.6 Å². The molecule has 4 aromatic rings. The van der Waals surface area contributed by atoms with E-state index in [9.17, 15) is 18.8 Å². The van der Waals surface area contributed by atoms with Gasteiger partial charge in [-0.1, -0.05) is 22.9 Å². The molecule has 1 atom stereocenters. The summed E-state index contributed by atoms with van der Waals surface area (Å²) in [7, 11) is 1.48. The van der Waals surface area contributed by atoms with Crippen molar-refractivity contribution in [3.05, 3.63) is 88.0 Å². The Hall–Kier alpha value is -4.71. The number of ketones is 1. The lowest BCUT2D eigenvalue weighted by Gasteiger charge is -2.28. The standard InChI is InChI=1S/C27H25FN6O5/c1-14-7-23(36)32-26(25(14)21(35)9-15-3-6-20-17(8-15)11-30-33-20)16-4-5-19(28)18(10-16)27(37)29-12-24-31-22(13-38-2)34-39-24/h3-6,8,10-11,26H,7,9,12-13H2,1-2H3,(H,29,37)(H,30,33)(H,32,36). The molecule has 1 aliphatic rings. The van der Waals surface area contributed by atoms with Crippen molar-refractivity contribution in [3.63, 3.8) is 0 Å². The van der Waals surface area contributed by atoms with Crippen LogP contribution in [0.4, 0.5) is 4.39 Å². The summed E-state index contributed by atoms with van der Waals surface area (Å²) in [6.07, 6.45) is 1.85. The van der Waals surface area contributed by atoms with Gasteiger partial charge in [-0.25, -0.2) is 4.39 Å². The number of amides is 2. The second-order valence-electron chi connectivity index (χ2n) is 9.22. The lowest BCUT2D eigenvalue weighted by molar-refractivity contribution is -0.121. The molecule has 2 aromatic heterocycles. The first-order valence-electron chi connectivity index (χ1n) is 12.1. The first-order chi connectivity index (χ1) is 18.8. The monoisotopic (exact) mass is 532 g/mol. The van der Waals surface area contributed by atoms with Crippen molar-refractivity contribution in [3.8, 4) is 0 Å². The number of halogens is 1. The number of nitrogens with one attached hydrogen (secondary N) is 3. The van der Waals surface area contributed by atoms with Crippen LogP contribution in [0.5, 0.6) is 0 Å². The number of ether oxygens (including phenoxy) is 1. The van der Waals surface area contributed by atoms with Gasteiger partial charge in [-0.05, 0) is 42.3 Å². The molecule has 1 unspecified atom stereocenters. The van der Waals surface area contributed by atoms with Crippen LogP contribution in [0.1, 0.15) is 52.6 Å². The van der Waals surface area contributed by atoms with E-state index in [-0.39, 0.29) is 49.1 Å². The Labute approximate surface area is 221 Å². The summed E-state index contributed by atoms with van der Waals surface area (Å²) < 4.78 is 24.7. The topological polar surface area (TPSA) is 152 Å². The van der Waals surface area contributed by atoms with Crippen molar-refractivity contribution in [2.24, 2.45) is 0 Å². The van der Waals surface area contributed by atoms with Gasteiger partial charge in [-0.3, -0.25) is 19.5 Å². The molecule has 0 saturated carbocycles. The molecule has 12 heteroatoms. The maximum atomic E-state index is 14.7. The van der Waals surface area contributed by atoms with E-state index in [2.05, 4.69) is 31.0 Å². The van der Waals surface area contributed by atoms with Crippen LogP contribution in [0.25, 0.3) is 10.9 Å². The Morgan fingerprint density at radius 3 is 2.90 bits per heavy atom. The lowest BCUT2D eigenvalue weighted by atomic mass is 9.85. The molecule has 0 fully saturated rings. The summed E-state index contributed by atoms with van der Waals surface area (Å²) >= 11 is 0. The van der Waals surface area contributed by atoms with Crippen molar-refractivity contribution in [1.82, 2.24) is 31.0 Å². The molecule has 0 spiro atoms. The zero-order chi connectivity index (χ0) is 27.5. The fourth-order valence-electron chi connectivity index (χ4n) is 4.60. The van der Waals surface area contributed by atoms with Gasteiger partial charge in [0.2, 0.25) is 11.8 Å². The molecule has 0 saturated heterocycles. The Balaban J connectivity index is 1.37. The average molecular weight is 533 g/mol. The number of rotatable bonds is 9. The predicted octanol–water partition coefficient (Wildman–Crippen LogP) is 2.85. The third-order valence-electron chi connectivity index (χ3n) is 6.40. The average Bonchev–Trinajstić information content (AvgIpc) is 3.56. The number of Topliss-reactive ketones (excluding diaryl/α,β-unsaturated/α-hetero) is 1. The molecule has 1 aliphatic heterocycles. The summed E-state index contributed by atoms with van der Waals surface area (Å²) in [5, 5.41) is 16.9. The van der Waals surface area contributed by atoms with E-state index >= 15 is 0 Å². The molecule has 0 aliphatic carbocycles. The third kappa shape index (κ3) is 5.60. The van der Waals surface area contributed by atoms with Gasteiger partial charge in [0.05, 0.1) is 29.9 Å². The van der Waals surface area contributed by atoms with E-state index in [1.807, 2.05) is 18.2 Å². The Morgan fingerprint density at radius 2 is 2.08 bits per heavy atom. The summed E-state index contributed by atoms with van der Waals surface area (Å²) in [5.41, 5.74) is 2.84. The molecule has 11 nitrogen and oxygen atoms in total. The Morgan fingerprint density at radius 1 is 1.23 bits per heavy atom. The lowest BCUT2D eigenvalue weighted by Crippen LogP contribution is -2.37. The second kappa shape index (κ2) is 11.0. The van der Waals surface area contributed by atoms with Crippen LogP contribution in [0.3, 0.4) is 0 Å². The normalized spacial score (nSPS) is 15.5. The highest BCUT2D eigenvalue weighted by Gasteiger charge is 2.32. The van der Waals surface area contributed by atoms with Crippen LogP contribution in [0.2, 0.25) is 0 Å². The van der Waals surface area contributed by atoms with Crippen molar-refractivity contribution in [2.45, 2.75) is 39.0 Å². The molecule has 2 aromatic carbocycles. The quantitative estimate of drug-likeness (QED) is 0.298. The minimum absolute atomic E-state index is 0.0715. The minimum atomic E-state index is -0.837. The van der Waals surface area contributed by atoms with E-state index in [1.54, 1.807) is 13.1 Å². The van der Waals surface area contributed by atoms with E-state index < -0.39 is 17.8 Å². The SMILES string of the molecule is COCc1noc(CNC(=O)c2cc(C3NC(=O)CC(C)=C3C(=O)Cc3ccc4[nH]ncc4c3)ccc2F)n1. The molecular weight excluding hydrogens is 507 g/mol. The second-order valence-corrected chi connectivity index (χ2v) is 9.22. The number of aromatic nitrogens is 4. The Kier molecular flexibility index (Phi) is 7.28. The predicted molar refractivity (Wildman–Crippen MR) is 136 cm³/mol. The molecular formula is C27H25FN6O5. The smallest absolute Gasteiger partial charge is 0.254 e. The number of hydrogen-bond donors (Lipinski definition) is 3. The highest BCUT2D eigenvalue weighted by atomic mass is 19.1. The number of carbonyl (C=O) groups excluding carboxylic acids is 3. The van der Waals surface area contributed by atoms with E-state index in [0.29, 0.717) is 22.5 Å². The maximum absolute atomic E-state index is 14.7. The van der Waals surface area contributed by atoms with E-state index in [4.69, 9.17) is 9.26 Å².